The molecule has 10 nitrogen and oxygen atoms in total. The molecule has 0 spiro atoms. The van der Waals surface area contributed by atoms with Crippen molar-refractivity contribution < 1.29 is 4.92 Å². The van der Waals surface area contributed by atoms with Gasteiger partial charge in [-0.05, 0) is 19.1 Å². The lowest BCUT2D eigenvalue weighted by molar-refractivity contribution is -0.383. The highest BCUT2D eigenvalue weighted by Crippen LogP contribution is 2.35. The fraction of sp³-hybridized carbons (Fsp3) is 0.250. The average Bonchev–Trinajstić information content (AvgIpc) is 2.74. The zero-order valence-corrected chi connectivity index (χ0v) is 16.2. The van der Waals surface area contributed by atoms with E-state index in [2.05, 4.69) is 20.3 Å². The van der Waals surface area contributed by atoms with E-state index in [4.69, 9.17) is 10.5 Å². The summed E-state index contributed by atoms with van der Waals surface area (Å²) >= 11 is 0. The summed E-state index contributed by atoms with van der Waals surface area (Å²) < 4.78 is 0. The maximum absolute atomic E-state index is 11.9. The summed E-state index contributed by atoms with van der Waals surface area (Å²) in [5.41, 5.74) is 1.73. The number of fused-ring (bicyclic) bond motifs is 1. The third-order valence-electron chi connectivity index (χ3n) is 4.38. The standard InChI is InChI=1S/C20H18N8O2/c1-14-7-8-15-5-2-6-16(17(15)25-14)26-19-18(28(29)30)20(24-13-23-19)27(11-3-9-21)12-4-10-22/h2,5-8,13H,3-4,11-12H2,1H3,(H,23,24,26). The maximum atomic E-state index is 11.9. The van der Waals surface area contributed by atoms with Gasteiger partial charge in [-0.2, -0.15) is 10.5 Å². The average molecular weight is 402 g/mol. The highest BCUT2D eigenvalue weighted by molar-refractivity contribution is 5.93. The minimum Gasteiger partial charge on any atom is -0.349 e. The number of nitrogens with zero attached hydrogens (tertiary/aromatic N) is 7. The van der Waals surface area contributed by atoms with Crippen LogP contribution in [0.25, 0.3) is 10.9 Å². The Bertz CT molecular complexity index is 1150. The molecule has 0 atom stereocenters. The molecule has 0 aliphatic rings. The summed E-state index contributed by atoms with van der Waals surface area (Å²) in [7, 11) is 0. The van der Waals surface area contributed by atoms with E-state index in [0.717, 1.165) is 11.1 Å². The van der Waals surface area contributed by atoms with Crippen molar-refractivity contribution >= 4 is 33.9 Å². The van der Waals surface area contributed by atoms with Crippen LogP contribution in [0.2, 0.25) is 0 Å². The molecule has 0 saturated carbocycles. The second kappa shape index (κ2) is 9.26. The van der Waals surface area contributed by atoms with E-state index in [1.165, 1.54) is 6.33 Å². The van der Waals surface area contributed by atoms with Gasteiger partial charge in [0, 0.05) is 24.2 Å². The number of para-hydroxylation sites is 1. The van der Waals surface area contributed by atoms with E-state index < -0.39 is 4.92 Å². The van der Waals surface area contributed by atoms with Crippen LogP contribution in [0.3, 0.4) is 0 Å². The van der Waals surface area contributed by atoms with Gasteiger partial charge in [-0.25, -0.2) is 9.97 Å². The van der Waals surface area contributed by atoms with Crippen LogP contribution < -0.4 is 10.2 Å². The predicted molar refractivity (Wildman–Crippen MR) is 111 cm³/mol. The smallest absolute Gasteiger partial charge is 0.349 e. The molecule has 150 valence electrons. The number of rotatable bonds is 8. The first kappa shape index (κ1) is 20.4. The van der Waals surface area contributed by atoms with Crippen molar-refractivity contribution in [2.45, 2.75) is 19.8 Å². The molecule has 0 radical (unpaired) electrons. The quantitative estimate of drug-likeness (QED) is 0.441. The van der Waals surface area contributed by atoms with E-state index in [-0.39, 0.29) is 43.3 Å². The van der Waals surface area contributed by atoms with Gasteiger partial charge >= 0.3 is 5.69 Å². The van der Waals surface area contributed by atoms with E-state index in [0.29, 0.717) is 11.2 Å². The Kier molecular flexibility index (Phi) is 6.30. The summed E-state index contributed by atoms with van der Waals surface area (Å²) in [5, 5.41) is 33.6. The lowest BCUT2D eigenvalue weighted by Crippen LogP contribution is -2.27. The van der Waals surface area contributed by atoms with E-state index in [1.807, 2.05) is 43.3 Å². The molecule has 0 unspecified atom stereocenters. The van der Waals surface area contributed by atoms with Gasteiger partial charge in [0.2, 0.25) is 11.6 Å². The van der Waals surface area contributed by atoms with Crippen LogP contribution in [-0.4, -0.2) is 33.0 Å². The minimum absolute atomic E-state index is 0.0136. The lowest BCUT2D eigenvalue weighted by Gasteiger charge is -2.21. The molecule has 0 aliphatic carbocycles. The first-order valence-corrected chi connectivity index (χ1v) is 9.16. The Hall–Kier alpha value is -4.31. The van der Waals surface area contributed by atoms with Crippen molar-refractivity contribution in [1.82, 2.24) is 15.0 Å². The molecule has 30 heavy (non-hydrogen) atoms. The molecule has 0 aliphatic heterocycles. The van der Waals surface area contributed by atoms with Gasteiger partial charge in [0.25, 0.3) is 0 Å². The van der Waals surface area contributed by atoms with Crippen LogP contribution in [-0.2, 0) is 0 Å². The second-order valence-electron chi connectivity index (χ2n) is 6.41. The fourth-order valence-corrected chi connectivity index (χ4v) is 3.03. The lowest BCUT2D eigenvalue weighted by atomic mass is 10.1. The highest BCUT2D eigenvalue weighted by atomic mass is 16.6. The molecular weight excluding hydrogens is 384 g/mol. The Balaban J connectivity index is 2.07. The number of aromatic nitrogens is 3. The molecule has 3 aromatic rings. The first-order chi connectivity index (χ1) is 14.5. The third-order valence-corrected chi connectivity index (χ3v) is 4.38. The topological polar surface area (TPSA) is 145 Å². The Labute approximate surface area is 172 Å². The summed E-state index contributed by atoms with van der Waals surface area (Å²) in [6.45, 7) is 2.29. The van der Waals surface area contributed by atoms with Crippen LogP contribution in [0.4, 0.5) is 23.0 Å². The SMILES string of the molecule is Cc1ccc2cccc(Nc3ncnc(N(CCC#N)CCC#N)c3[N+](=O)[O-])c2n1. The fourth-order valence-electron chi connectivity index (χ4n) is 3.03. The van der Waals surface area contributed by atoms with Crippen molar-refractivity contribution in [3.05, 3.63) is 52.5 Å². The second-order valence-corrected chi connectivity index (χ2v) is 6.41. The maximum Gasteiger partial charge on any atom is 0.353 e. The van der Waals surface area contributed by atoms with Crippen molar-refractivity contribution in [2.75, 3.05) is 23.3 Å². The zero-order valence-electron chi connectivity index (χ0n) is 16.2. The van der Waals surface area contributed by atoms with Gasteiger partial charge in [0.15, 0.2) is 0 Å². The summed E-state index contributed by atoms with van der Waals surface area (Å²) in [6, 6.07) is 13.3. The number of benzene rings is 1. The zero-order chi connectivity index (χ0) is 21.5. The molecule has 3 rings (SSSR count). The molecule has 10 heteroatoms. The van der Waals surface area contributed by atoms with Gasteiger partial charge in [-0.15, -0.1) is 0 Å². The Morgan fingerprint density at radius 2 is 1.87 bits per heavy atom. The van der Waals surface area contributed by atoms with Crippen molar-refractivity contribution in [1.29, 1.82) is 10.5 Å². The number of anilines is 3. The normalized spacial score (nSPS) is 10.2. The number of nitrogens with one attached hydrogen (secondary N) is 1. The predicted octanol–water partition coefficient (Wildman–Crippen LogP) is 3.62. The molecule has 1 N–H and O–H groups in total. The molecule has 2 heterocycles. The van der Waals surface area contributed by atoms with E-state index in [1.54, 1.807) is 11.0 Å². The number of pyridine rings is 1. The van der Waals surface area contributed by atoms with Crippen molar-refractivity contribution in [3.63, 3.8) is 0 Å². The van der Waals surface area contributed by atoms with Gasteiger partial charge in [0.1, 0.15) is 6.33 Å². The monoisotopic (exact) mass is 402 g/mol. The largest absolute Gasteiger partial charge is 0.353 e. The number of hydrogen-bond donors (Lipinski definition) is 1. The molecular formula is C20H18N8O2. The van der Waals surface area contributed by atoms with E-state index >= 15 is 0 Å². The van der Waals surface area contributed by atoms with Crippen LogP contribution >= 0.6 is 0 Å². The molecule has 0 bridgehead atoms. The van der Waals surface area contributed by atoms with Crippen LogP contribution in [0, 0.1) is 39.7 Å². The molecule has 0 fully saturated rings. The van der Waals surface area contributed by atoms with Crippen LogP contribution in [0.15, 0.2) is 36.7 Å². The molecule has 2 aromatic heterocycles. The third kappa shape index (κ3) is 4.39. The van der Waals surface area contributed by atoms with Crippen LogP contribution in [0.5, 0.6) is 0 Å². The Morgan fingerprint density at radius 1 is 1.13 bits per heavy atom. The minimum atomic E-state index is -0.562. The number of nitriles is 2. The number of nitro groups is 1. The molecule has 0 amide bonds. The Morgan fingerprint density at radius 3 is 2.53 bits per heavy atom. The molecule has 1 aromatic carbocycles. The van der Waals surface area contributed by atoms with Gasteiger partial charge < -0.3 is 10.2 Å². The van der Waals surface area contributed by atoms with Gasteiger partial charge in [0.05, 0.1) is 41.1 Å². The number of aryl methyl sites for hydroxylation is 1. The number of hydrogen-bond acceptors (Lipinski definition) is 9. The van der Waals surface area contributed by atoms with E-state index in [9.17, 15) is 10.1 Å². The first-order valence-electron chi connectivity index (χ1n) is 9.16. The van der Waals surface area contributed by atoms with Crippen molar-refractivity contribution in [2.24, 2.45) is 0 Å². The summed E-state index contributed by atoms with van der Waals surface area (Å²) in [6.07, 6.45) is 1.50. The van der Waals surface area contributed by atoms with Crippen molar-refractivity contribution in [3.8, 4) is 12.1 Å². The molecule has 0 saturated heterocycles. The summed E-state index contributed by atoms with van der Waals surface area (Å²) in [4.78, 5) is 25.6. The highest BCUT2D eigenvalue weighted by Gasteiger charge is 2.27. The van der Waals surface area contributed by atoms with Gasteiger partial charge in [-0.3, -0.25) is 15.1 Å². The van der Waals surface area contributed by atoms with Gasteiger partial charge in [-0.1, -0.05) is 18.2 Å². The van der Waals surface area contributed by atoms with Crippen LogP contribution in [0.1, 0.15) is 18.5 Å². The summed E-state index contributed by atoms with van der Waals surface area (Å²) in [5.74, 6) is 0.0760.